The van der Waals surface area contributed by atoms with E-state index in [0.29, 0.717) is 31.7 Å². The van der Waals surface area contributed by atoms with E-state index in [1.54, 1.807) is 0 Å². The summed E-state index contributed by atoms with van der Waals surface area (Å²) in [6, 6.07) is 7.61. The molecule has 2 aromatic rings. The van der Waals surface area contributed by atoms with Gasteiger partial charge in [0.25, 0.3) is 11.7 Å². The number of amides is 1. The number of para-hydroxylation sites is 1. The van der Waals surface area contributed by atoms with Crippen molar-refractivity contribution < 1.29 is 14.3 Å². The Morgan fingerprint density at radius 3 is 2.73 bits per heavy atom. The molecular formula is C17H22N2O3. The summed E-state index contributed by atoms with van der Waals surface area (Å²) in [5.41, 5.74) is 2.24. The highest BCUT2D eigenvalue weighted by Crippen LogP contribution is 2.25. The maximum Gasteiger partial charge on any atom is 0.292 e. The Hall–Kier alpha value is -2.14. The van der Waals surface area contributed by atoms with Crippen LogP contribution < -0.4 is 5.32 Å². The lowest BCUT2D eigenvalue weighted by Crippen LogP contribution is -2.32. The summed E-state index contributed by atoms with van der Waals surface area (Å²) in [5, 5.41) is 3.48. The number of nitrogens with zero attached hydrogens (tertiary/aromatic N) is 1. The average molecular weight is 302 g/mol. The highest BCUT2D eigenvalue weighted by atomic mass is 16.5. The molecule has 118 valence electrons. The second-order valence-electron chi connectivity index (χ2n) is 5.17. The zero-order chi connectivity index (χ0) is 16.1. The van der Waals surface area contributed by atoms with Gasteiger partial charge in [0.1, 0.15) is 0 Å². The number of ether oxygens (including phenoxy) is 1. The molecule has 0 unspecified atom stereocenters. The van der Waals surface area contributed by atoms with Gasteiger partial charge in [-0.1, -0.05) is 18.2 Å². The van der Waals surface area contributed by atoms with Crippen LogP contribution in [0.2, 0.25) is 0 Å². The van der Waals surface area contributed by atoms with Crippen LogP contribution in [0.3, 0.4) is 0 Å². The third-order valence-electron chi connectivity index (χ3n) is 3.79. The van der Waals surface area contributed by atoms with E-state index < -0.39 is 11.7 Å². The van der Waals surface area contributed by atoms with Gasteiger partial charge < -0.3 is 14.6 Å². The number of carbonyl (C=O) groups excluding carboxylic acids is 2. The Bertz CT molecular complexity index is 689. The topological polar surface area (TPSA) is 60.3 Å². The summed E-state index contributed by atoms with van der Waals surface area (Å²) >= 11 is 0. The number of fused-ring (bicyclic) bond motifs is 1. The molecule has 0 aliphatic rings. The molecule has 5 nitrogen and oxygen atoms in total. The molecule has 0 aliphatic heterocycles. The van der Waals surface area contributed by atoms with E-state index in [1.165, 1.54) is 0 Å². The molecule has 0 radical (unpaired) electrons. The number of Topliss-reactive ketones (excluding diaryl/α,β-unsaturated/α-hetero) is 1. The lowest BCUT2D eigenvalue weighted by Gasteiger charge is -2.05. The van der Waals surface area contributed by atoms with Gasteiger partial charge in [0, 0.05) is 43.4 Å². The Labute approximate surface area is 130 Å². The van der Waals surface area contributed by atoms with E-state index in [4.69, 9.17) is 4.74 Å². The number of hydrogen-bond donors (Lipinski definition) is 1. The summed E-state index contributed by atoms with van der Waals surface area (Å²) in [5.74, 6) is -1.04. The molecule has 22 heavy (non-hydrogen) atoms. The fourth-order valence-electron chi connectivity index (χ4n) is 2.52. The third-order valence-corrected chi connectivity index (χ3v) is 3.79. The predicted octanol–water partition coefficient (Wildman–Crippen LogP) is 2.21. The van der Waals surface area contributed by atoms with Crippen molar-refractivity contribution in [2.24, 2.45) is 7.05 Å². The Kier molecular flexibility index (Phi) is 5.33. The minimum atomic E-state index is -0.559. The number of ketones is 1. The molecule has 0 aliphatic carbocycles. The van der Waals surface area contributed by atoms with Gasteiger partial charge in [0.15, 0.2) is 0 Å². The first-order chi connectivity index (χ1) is 10.6. The standard InChI is InChI=1S/C17H22N2O3/c1-4-22-11-7-10-18-17(21)16(20)15-12(2)19(3)14-9-6-5-8-13(14)15/h5-6,8-9H,4,7,10-11H2,1-3H3,(H,18,21). The van der Waals surface area contributed by atoms with E-state index in [-0.39, 0.29) is 0 Å². The first-order valence-electron chi connectivity index (χ1n) is 7.52. The van der Waals surface area contributed by atoms with Crippen LogP contribution in [-0.2, 0) is 16.6 Å². The minimum Gasteiger partial charge on any atom is -0.382 e. The zero-order valence-electron chi connectivity index (χ0n) is 13.3. The number of benzene rings is 1. The molecular weight excluding hydrogens is 280 g/mol. The second-order valence-corrected chi connectivity index (χ2v) is 5.17. The minimum absolute atomic E-state index is 0.439. The molecule has 0 spiro atoms. The molecule has 1 aromatic carbocycles. The molecule has 2 rings (SSSR count). The summed E-state index contributed by atoms with van der Waals surface area (Å²) in [6.07, 6.45) is 0.696. The number of hydrogen-bond acceptors (Lipinski definition) is 3. The molecule has 1 N–H and O–H groups in total. The SMILES string of the molecule is CCOCCCNC(=O)C(=O)c1c(C)n(C)c2ccccc12. The molecule has 1 amide bonds. The third kappa shape index (κ3) is 3.20. The van der Waals surface area contributed by atoms with Crippen molar-refractivity contribution in [3.63, 3.8) is 0 Å². The fraction of sp³-hybridized carbons (Fsp3) is 0.412. The van der Waals surface area contributed by atoms with Crippen molar-refractivity contribution >= 4 is 22.6 Å². The number of rotatable bonds is 7. The Morgan fingerprint density at radius 2 is 2.00 bits per heavy atom. The van der Waals surface area contributed by atoms with E-state index in [2.05, 4.69) is 5.32 Å². The van der Waals surface area contributed by atoms with Crippen molar-refractivity contribution in [2.45, 2.75) is 20.3 Å². The molecule has 1 heterocycles. The number of carbonyl (C=O) groups is 2. The number of nitrogens with one attached hydrogen (secondary N) is 1. The predicted molar refractivity (Wildman–Crippen MR) is 86.1 cm³/mol. The van der Waals surface area contributed by atoms with Crippen molar-refractivity contribution in [2.75, 3.05) is 19.8 Å². The first kappa shape index (κ1) is 16.2. The monoisotopic (exact) mass is 302 g/mol. The molecule has 0 atom stereocenters. The maximum atomic E-state index is 12.5. The molecule has 1 aromatic heterocycles. The molecule has 5 heteroatoms. The average Bonchev–Trinajstić information content (AvgIpc) is 2.78. The van der Waals surface area contributed by atoms with Crippen LogP contribution in [0.25, 0.3) is 10.9 Å². The lowest BCUT2D eigenvalue weighted by atomic mass is 10.1. The maximum absolute atomic E-state index is 12.5. The summed E-state index contributed by atoms with van der Waals surface area (Å²) in [7, 11) is 1.90. The van der Waals surface area contributed by atoms with Crippen LogP contribution in [0.5, 0.6) is 0 Å². The van der Waals surface area contributed by atoms with E-state index in [0.717, 1.165) is 16.6 Å². The summed E-state index contributed by atoms with van der Waals surface area (Å²) in [4.78, 5) is 24.5. The Balaban J connectivity index is 2.13. The normalized spacial score (nSPS) is 10.9. The largest absolute Gasteiger partial charge is 0.382 e. The summed E-state index contributed by atoms with van der Waals surface area (Å²) < 4.78 is 7.14. The number of aromatic nitrogens is 1. The van der Waals surface area contributed by atoms with Crippen molar-refractivity contribution in [3.8, 4) is 0 Å². The van der Waals surface area contributed by atoms with Crippen molar-refractivity contribution in [3.05, 3.63) is 35.5 Å². The quantitative estimate of drug-likeness (QED) is 0.484. The van der Waals surface area contributed by atoms with Gasteiger partial charge in [-0.25, -0.2) is 0 Å². The summed E-state index contributed by atoms with van der Waals surface area (Å²) in [6.45, 7) is 5.45. The van der Waals surface area contributed by atoms with Crippen LogP contribution in [0.4, 0.5) is 0 Å². The van der Waals surface area contributed by atoms with Crippen LogP contribution in [0, 0.1) is 6.92 Å². The van der Waals surface area contributed by atoms with E-state index in [9.17, 15) is 9.59 Å². The molecule has 0 fully saturated rings. The molecule has 0 saturated heterocycles. The van der Waals surface area contributed by atoms with Crippen LogP contribution in [0.15, 0.2) is 24.3 Å². The van der Waals surface area contributed by atoms with Gasteiger partial charge in [0.05, 0.1) is 5.56 Å². The zero-order valence-corrected chi connectivity index (χ0v) is 13.3. The fourth-order valence-corrected chi connectivity index (χ4v) is 2.52. The van der Waals surface area contributed by atoms with E-state index >= 15 is 0 Å². The lowest BCUT2D eigenvalue weighted by molar-refractivity contribution is -0.117. The van der Waals surface area contributed by atoms with Gasteiger partial charge in [-0.2, -0.15) is 0 Å². The smallest absolute Gasteiger partial charge is 0.292 e. The van der Waals surface area contributed by atoms with Crippen LogP contribution in [0.1, 0.15) is 29.4 Å². The highest BCUT2D eigenvalue weighted by molar-refractivity contribution is 6.45. The van der Waals surface area contributed by atoms with E-state index in [1.807, 2.05) is 49.7 Å². The molecule has 0 saturated carbocycles. The van der Waals surface area contributed by atoms with Gasteiger partial charge in [0.2, 0.25) is 0 Å². The molecule has 0 bridgehead atoms. The van der Waals surface area contributed by atoms with Gasteiger partial charge in [-0.15, -0.1) is 0 Å². The van der Waals surface area contributed by atoms with Crippen molar-refractivity contribution in [1.82, 2.24) is 9.88 Å². The van der Waals surface area contributed by atoms with Crippen LogP contribution in [-0.4, -0.2) is 36.0 Å². The van der Waals surface area contributed by atoms with Gasteiger partial charge in [-0.3, -0.25) is 9.59 Å². The van der Waals surface area contributed by atoms with Gasteiger partial charge in [-0.05, 0) is 26.3 Å². The highest BCUT2D eigenvalue weighted by Gasteiger charge is 2.23. The van der Waals surface area contributed by atoms with Crippen LogP contribution >= 0.6 is 0 Å². The second kappa shape index (κ2) is 7.22. The van der Waals surface area contributed by atoms with Crippen molar-refractivity contribution in [1.29, 1.82) is 0 Å². The first-order valence-corrected chi connectivity index (χ1v) is 7.52. The number of aryl methyl sites for hydroxylation is 1. The van der Waals surface area contributed by atoms with Gasteiger partial charge >= 0.3 is 0 Å². The Morgan fingerprint density at radius 1 is 1.27 bits per heavy atom.